The van der Waals surface area contributed by atoms with Crippen LogP contribution in [0, 0.1) is 11.3 Å². The number of hydrogen-bond acceptors (Lipinski definition) is 2. The van der Waals surface area contributed by atoms with E-state index in [4.69, 9.17) is 11.1 Å². The van der Waals surface area contributed by atoms with Gasteiger partial charge in [-0.15, -0.1) is 0 Å². The van der Waals surface area contributed by atoms with E-state index in [1.54, 1.807) is 11.8 Å². The van der Waals surface area contributed by atoms with E-state index in [1.165, 1.54) is 0 Å². The SMILES string of the molecule is CC(O)C1CCN(C(=N)N)C1. The summed E-state index contributed by atoms with van der Waals surface area (Å²) in [5.41, 5.74) is 5.29. The van der Waals surface area contributed by atoms with Crippen LogP contribution in [0.2, 0.25) is 0 Å². The fourth-order valence-electron chi connectivity index (χ4n) is 1.40. The molecule has 1 aliphatic rings. The molecule has 0 bridgehead atoms. The standard InChI is InChI=1S/C7H15N3O/c1-5(11)6-2-3-10(4-6)7(8)9/h5-6,11H,2-4H2,1H3,(H3,8,9). The highest BCUT2D eigenvalue weighted by Crippen LogP contribution is 2.18. The zero-order chi connectivity index (χ0) is 8.43. The fraction of sp³-hybridized carbons (Fsp3) is 0.857. The third-order valence-electron chi connectivity index (χ3n) is 2.25. The van der Waals surface area contributed by atoms with Crippen molar-refractivity contribution in [1.29, 1.82) is 5.41 Å². The molecule has 2 unspecified atom stereocenters. The average molecular weight is 157 g/mol. The van der Waals surface area contributed by atoms with Gasteiger partial charge < -0.3 is 15.7 Å². The van der Waals surface area contributed by atoms with Gasteiger partial charge in [-0.05, 0) is 13.3 Å². The first kappa shape index (κ1) is 8.33. The molecule has 0 saturated carbocycles. The fourth-order valence-corrected chi connectivity index (χ4v) is 1.40. The minimum Gasteiger partial charge on any atom is -0.393 e. The predicted octanol–water partition coefficient (Wildman–Crippen LogP) is -0.417. The summed E-state index contributed by atoms with van der Waals surface area (Å²) in [6.45, 7) is 3.33. The zero-order valence-corrected chi connectivity index (χ0v) is 6.75. The summed E-state index contributed by atoms with van der Waals surface area (Å²) in [6, 6.07) is 0. The molecule has 1 heterocycles. The maximum atomic E-state index is 9.21. The van der Waals surface area contributed by atoms with Crippen LogP contribution in [0.25, 0.3) is 0 Å². The first-order chi connectivity index (χ1) is 5.11. The summed E-state index contributed by atoms with van der Waals surface area (Å²) in [4.78, 5) is 1.79. The van der Waals surface area contributed by atoms with Gasteiger partial charge in [0.1, 0.15) is 0 Å². The van der Waals surface area contributed by atoms with Crippen LogP contribution in [0.4, 0.5) is 0 Å². The van der Waals surface area contributed by atoms with E-state index in [9.17, 15) is 5.11 Å². The summed E-state index contributed by atoms with van der Waals surface area (Å²) >= 11 is 0. The minimum atomic E-state index is -0.278. The lowest BCUT2D eigenvalue weighted by atomic mass is 10.0. The molecule has 0 aromatic heterocycles. The van der Waals surface area contributed by atoms with Crippen molar-refractivity contribution in [1.82, 2.24) is 4.90 Å². The van der Waals surface area contributed by atoms with Crippen molar-refractivity contribution in [3.8, 4) is 0 Å². The van der Waals surface area contributed by atoms with Crippen LogP contribution in [0.15, 0.2) is 0 Å². The first-order valence-electron chi connectivity index (χ1n) is 3.88. The third-order valence-corrected chi connectivity index (χ3v) is 2.25. The number of nitrogens with two attached hydrogens (primary N) is 1. The number of nitrogens with zero attached hydrogens (tertiary/aromatic N) is 1. The van der Waals surface area contributed by atoms with Crippen molar-refractivity contribution < 1.29 is 5.11 Å². The van der Waals surface area contributed by atoms with Crippen LogP contribution >= 0.6 is 0 Å². The molecular weight excluding hydrogens is 142 g/mol. The molecule has 4 nitrogen and oxygen atoms in total. The van der Waals surface area contributed by atoms with Gasteiger partial charge in [-0.2, -0.15) is 0 Å². The first-order valence-corrected chi connectivity index (χ1v) is 3.88. The summed E-state index contributed by atoms with van der Waals surface area (Å²) in [5, 5.41) is 16.4. The third kappa shape index (κ3) is 1.83. The van der Waals surface area contributed by atoms with E-state index in [-0.39, 0.29) is 12.1 Å². The Balaban J connectivity index is 2.41. The highest BCUT2D eigenvalue weighted by molar-refractivity contribution is 5.74. The lowest BCUT2D eigenvalue weighted by Gasteiger charge is -2.16. The van der Waals surface area contributed by atoms with Gasteiger partial charge in [-0.25, -0.2) is 0 Å². The molecule has 4 heteroatoms. The Morgan fingerprint density at radius 1 is 1.82 bits per heavy atom. The lowest BCUT2D eigenvalue weighted by Crippen LogP contribution is -2.35. The number of guanidine groups is 1. The van der Waals surface area contributed by atoms with Crippen LogP contribution < -0.4 is 5.73 Å². The molecule has 2 atom stereocenters. The predicted molar refractivity (Wildman–Crippen MR) is 43.3 cm³/mol. The van der Waals surface area contributed by atoms with Crippen LogP contribution in [0.1, 0.15) is 13.3 Å². The van der Waals surface area contributed by atoms with Gasteiger partial charge in [-0.3, -0.25) is 5.41 Å². The topological polar surface area (TPSA) is 73.3 Å². The largest absolute Gasteiger partial charge is 0.393 e. The molecule has 0 aromatic rings. The van der Waals surface area contributed by atoms with Gasteiger partial charge in [0.2, 0.25) is 0 Å². The number of hydrogen-bond donors (Lipinski definition) is 3. The molecular formula is C7H15N3O. The quantitative estimate of drug-likeness (QED) is 0.357. The van der Waals surface area contributed by atoms with E-state index in [0.717, 1.165) is 19.5 Å². The Labute approximate surface area is 66.5 Å². The van der Waals surface area contributed by atoms with E-state index < -0.39 is 0 Å². The Bertz CT molecular complexity index is 158. The normalized spacial score (nSPS) is 27.1. The van der Waals surface area contributed by atoms with E-state index >= 15 is 0 Å². The maximum absolute atomic E-state index is 9.21. The van der Waals surface area contributed by atoms with Gasteiger partial charge in [0, 0.05) is 19.0 Å². The summed E-state index contributed by atoms with van der Waals surface area (Å²) in [5.74, 6) is 0.409. The molecule has 0 aromatic carbocycles. The highest BCUT2D eigenvalue weighted by Gasteiger charge is 2.26. The molecule has 0 spiro atoms. The molecule has 0 amide bonds. The van der Waals surface area contributed by atoms with Crippen molar-refractivity contribution in [2.24, 2.45) is 11.7 Å². The molecule has 11 heavy (non-hydrogen) atoms. The molecule has 1 rings (SSSR count). The lowest BCUT2D eigenvalue weighted by molar-refractivity contribution is 0.132. The van der Waals surface area contributed by atoms with Crippen molar-refractivity contribution in [3.63, 3.8) is 0 Å². The van der Waals surface area contributed by atoms with Crippen LogP contribution in [0.3, 0.4) is 0 Å². The summed E-state index contributed by atoms with van der Waals surface area (Å²) in [6.07, 6.45) is 0.663. The second-order valence-corrected chi connectivity index (χ2v) is 3.12. The van der Waals surface area contributed by atoms with E-state index in [1.807, 2.05) is 0 Å². The Kier molecular flexibility index (Phi) is 2.34. The second-order valence-electron chi connectivity index (χ2n) is 3.12. The second kappa shape index (κ2) is 3.09. The Morgan fingerprint density at radius 3 is 2.73 bits per heavy atom. The number of nitrogens with one attached hydrogen (secondary N) is 1. The zero-order valence-electron chi connectivity index (χ0n) is 6.75. The molecule has 0 aliphatic carbocycles. The molecule has 64 valence electrons. The summed E-state index contributed by atoms with van der Waals surface area (Å²) < 4.78 is 0. The number of likely N-dealkylation sites (tertiary alicyclic amines) is 1. The monoisotopic (exact) mass is 157 g/mol. The highest BCUT2D eigenvalue weighted by atomic mass is 16.3. The Morgan fingerprint density at radius 2 is 2.45 bits per heavy atom. The van der Waals surface area contributed by atoms with Gasteiger partial charge in [0.15, 0.2) is 5.96 Å². The van der Waals surface area contributed by atoms with Crippen molar-refractivity contribution in [3.05, 3.63) is 0 Å². The van der Waals surface area contributed by atoms with E-state index in [0.29, 0.717) is 5.92 Å². The van der Waals surface area contributed by atoms with Crippen molar-refractivity contribution >= 4 is 5.96 Å². The molecule has 1 saturated heterocycles. The van der Waals surface area contributed by atoms with Crippen LogP contribution in [-0.2, 0) is 0 Å². The van der Waals surface area contributed by atoms with Crippen molar-refractivity contribution in [2.75, 3.05) is 13.1 Å². The van der Waals surface area contributed by atoms with Gasteiger partial charge in [0.25, 0.3) is 0 Å². The van der Waals surface area contributed by atoms with Crippen molar-refractivity contribution in [2.45, 2.75) is 19.4 Å². The molecule has 1 fully saturated rings. The van der Waals surface area contributed by atoms with E-state index in [2.05, 4.69) is 0 Å². The van der Waals surface area contributed by atoms with Crippen LogP contribution in [-0.4, -0.2) is 35.2 Å². The maximum Gasteiger partial charge on any atom is 0.188 e. The number of rotatable bonds is 1. The molecule has 0 radical (unpaired) electrons. The molecule has 4 N–H and O–H groups in total. The summed E-state index contributed by atoms with van der Waals surface area (Å²) in [7, 11) is 0. The minimum absolute atomic E-state index is 0.119. The number of aliphatic hydroxyl groups is 1. The van der Waals surface area contributed by atoms with Gasteiger partial charge >= 0.3 is 0 Å². The smallest absolute Gasteiger partial charge is 0.188 e. The van der Waals surface area contributed by atoms with Gasteiger partial charge in [0.05, 0.1) is 6.10 Å². The number of aliphatic hydroxyl groups excluding tert-OH is 1. The Hall–Kier alpha value is -0.770. The average Bonchev–Trinajstić information content (AvgIpc) is 2.33. The van der Waals surface area contributed by atoms with Gasteiger partial charge in [-0.1, -0.05) is 0 Å². The van der Waals surface area contributed by atoms with Crippen LogP contribution in [0.5, 0.6) is 0 Å². The molecule has 1 aliphatic heterocycles.